The monoisotopic (exact) mass is 269 g/mol. The Morgan fingerprint density at radius 1 is 1.42 bits per heavy atom. The van der Waals surface area contributed by atoms with Crippen LogP contribution in [0.25, 0.3) is 0 Å². The Balaban J connectivity index is 2.46. The molecule has 102 valence electrons. The third-order valence-electron chi connectivity index (χ3n) is 2.96. The van der Waals surface area contributed by atoms with E-state index in [4.69, 9.17) is 0 Å². The highest BCUT2D eigenvalue weighted by Gasteiger charge is 2.38. The molecule has 0 aliphatic rings. The van der Waals surface area contributed by atoms with Gasteiger partial charge >= 0.3 is 0 Å². The highest BCUT2D eigenvalue weighted by atomic mass is 19.1. The Hall–Kier alpha value is -1.86. The van der Waals surface area contributed by atoms with E-state index in [9.17, 15) is 19.0 Å². The molecule has 0 amide bonds. The molecule has 19 heavy (non-hydrogen) atoms. The van der Waals surface area contributed by atoms with Gasteiger partial charge in [0.2, 0.25) is 0 Å². The maximum Gasteiger partial charge on any atom is 0.138 e. The van der Waals surface area contributed by atoms with Crippen LogP contribution in [0.3, 0.4) is 0 Å². The van der Waals surface area contributed by atoms with E-state index in [1.165, 1.54) is 24.3 Å². The first kappa shape index (κ1) is 13.6. The van der Waals surface area contributed by atoms with Gasteiger partial charge in [-0.3, -0.25) is 0 Å². The van der Waals surface area contributed by atoms with Crippen LogP contribution in [0, 0.1) is 11.6 Å². The van der Waals surface area contributed by atoms with Crippen molar-refractivity contribution in [2.75, 3.05) is 0 Å². The van der Waals surface area contributed by atoms with Gasteiger partial charge in [0.1, 0.15) is 29.9 Å². The molecule has 0 aliphatic heterocycles. The molecule has 0 bridgehead atoms. The second-order valence-electron chi connectivity index (χ2n) is 4.32. The van der Waals surface area contributed by atoms with E-state index in [0.29, 0.717) is 0 Å². The van der Waals surface area contributed by atoms with Crippen molar-refractivity contribution in [1.82, 2.24) is 14.8 Å². The fourth-order valence-electron chi connectivity index (χ4n) is 1.83. The summed E-state index contributed by atoms with van der Waals surface area (Å²) in [6.45, 7) is 1.05. The minimum absolute atomic E-state index is 0.245. The summed E-state index contributed by atoms with van der Waals surface area (Å²) in [7, 11) is 0. The van der Waals surface area contributed by atoms with Crippen LogP contribution in [0.15, 0.2) is 30.9 Å². The van der Waals surface area contributed by atoms with Crippen LogP contribution in [0.2, 0.25) is 0 Å². The predicted molar refractivity (Wildman–Crippen MR) is 62.0 cm³/mol. The molecule has 1 unspecified atom stereocenters. The lowest BCUT2D eigenvalue weighted by molar-refractivity contribution is -0.0875. The van der Waals surface area contributed by atoms with Crippen molar-refractivity contribution in [2.24, 2.45) is 0 Å². The van der Waals surface area contributed by atoms with Gasteiger partial charge in [-0.25, -0.2) is 18.4 Å². The van der Waals surface area contributed by atoms with Crippen LogP contribution in [0.1, 0.15) is 12.5 Å². The van der Waals surface area contributed by atoms with E-state index in [1.807, 2.05) is 0 Å². The van der Waals surface area contributed by atoms with Gasteiger partial charge in [-0.2, -0.15) is 5.10 Å². The second kappa shape index (κ2) is 5.02. The summed E-state index contributed by atoms with van der Waals surface area (Å²) in [5.74, 6) is -1.50. The fourth-order valence-corrected chi connectivity index (χ4v) is 1.83. The summed E-state index contributed by atoms with van der Waals surface area (Å²) in [6, 6.07) is 2.70. The molecule has 1 aromatic carbocycles. The average molecular weight is 269 g/mol. The second-order valence-corrected chi connectivity index (χ2v) is 4.32. The maximum absolute atomic E-state index is 13.8. The summed E-state index contributed by atoms with van der Waals surface area (Å²) < 4.78 is 28.2. The largest absolute Gasteiger partial charge is 0.390 e. The van der Waals surface area contributed by atoms with Crippen molar-refractivity contribution < 1.29 is 19.0 Å². The standard InChI is InChI=1S/C12H13F2N3O2/c1-8(18)12(19,5-17-7-15-6-16-17)10-4-9(13)2-3-11(10)14/h2-4,6-8,18-19H,5H2,1H3/t8-,12?/m1/s1. The SMILES string of the molecule is C[C@@H](O)C(O)(Cn1cncn1)c1cc(F)ccc1F. The number of rotatable bonds is 4. The zero-order chi connectivity index (χ0) is 14.0. The van der Waals surface area contributed by atoms with E-state index in [-0.39, 0.29) is 12.1 Å². The lowest BCUT2D eigenvalue weighted by Crippen LogP contribution is -2.42. The normalized spacial score (nSPS) is 16.1. The van der Waals surface area contributed by atoms with E-state index in [2.05, 4.69) is 10.1 Å². The predicted octanol–water partition coefficient (Wildman–Crippen LogP) is 0.825. The summed E-state index contributed by atoms with van der Waals surface area (Å²) in [4.78, 5) is 3.69. The Labute approximate surface area is 108 Å². The molecule has 0 spiro atoms. The molecular weight excluding hydrogens is 256 g/mol. The molecule has 5 nitrogen and oxygen atoms in total. The molecule has 2 N–H and O–H groups in total. The van der Waals surface area contributed by atoms with E-state index < -0.39 is 23.3 Å². The Morgan fingerprint density at radius 2 is 2.16 bits per heavy atom. The van der Waals surface area contributed by atoms with Gasteiger partial charge in [0.15, 0.2) is 0 Å². The van der Waals surface area contributed by atoms with Gasteiger partial charge in [0.05, 0.1) is 12.6 Å². The van der Waals surface area contributed by atoms with E-state index >= 15 is 0 Å². The number of aromatic nitrogens is 3. The first-order chi connectivity index (χ1) is 8.93. The van der Waals surface area contributed by atoms with Crippen molar-refractivity contribution in [1.29, 1.82) is 0 Å². The van der Waals surface area contributed by atoms with Gasteiger partial charge < -0.3 is 10.2 Å². The highest BCUT2D eigenvalue weighted by Crippen LogP contribution is 2.29. The summed E-state index contributed by atoms with van der Waals surface area (Å²) >= 11 is 0. The first-order valence-corrected chi connectivity index (χ1v) is 5.62. The summed E-state index contributed by atoms with van der Waals surface area (Å²) in [5.41, 5.74) is -2.32. The van der Waals surface area contributed by atoms with Gasteiger partial charge in [0, 0.05) is 5.56 Å². The van der Waals surface area contributed by atoms with Crippen LogP contribution >= 0.6 is 0 Å². The van der Waals surface area contributed by atoms with Crippen LogP contribution in [0.4, 0.5) is 8.78 Å². The molecule has 2 rings (SSSR count). The van der Waals surface area contributed by atoms with Crippen molar-refractivity contribution in [2.45, 2.75) is 25.2 Å². The number of aliphatic hydroxyl groups excluding tert-OH is 1. The number of nitrogens with zero attached hydrogens (tertiary/aromatic N) is 3. The van der Waals surface area contributed by atoms with E-state index in [0.717, 1.165) is 18.2 Å². The molecule has 1 aromatic heterocycles. The molecular formula is C12H13F2N3O2. The molecule has 0 fully saturated rings. The number of hydrogen-bond acceptors (Lipinski definition) is 4. The summed E-state index contributed by atoms with van der Waals surface area (Å²) in [6.07, 6.45) is 1.22. The highest BCUT2D eigenvalue weighted by molar-refractivity contribution is 5.26. The zero-order valence-corrected chi connectivity index (χ0v) is 10.2. The van der Waals surface area contributed by atoms with Gasteiger partial charge in [-0.15, -0.1) is 0 Å². The zero-order valence-electron chi connectivity index (χ0n) is 10.2. The molecule has 0 radical (unpaired) electrons. The van der Waals surface area contributed by atoms with Gasteiger partial charge in [-0.1, -0.05) is 0 Å². The molecule has 2 aromatic rings. The van der Waals surface area contributed by atoms with Crippen molar-refractivity contribution in [3.05, 3.63) is 48.1 Å². The maximum atomic E-state index is 13.8. The van der Waals surface area contributed by atoms with Crippen LogP contribution in [-0.2, 0) is 12.1 Å². The molecule has 1 heterocycles. The van der Waals surface area contributed by atoms with Gasteiger partial charge in [-0.05, 0) is 25.1 Å². The first-order valence-electron chi connectivity index (χ1n) is 5.62. The molecule has 2 atom stereocenters. The minimum Gasteiger partial charge on any atom is -0.390 e. The third-order valence-corrected chi connectivity index (χ3v) is 2.96. The number of halogens is 2. The molecule has 7 heteroatoms. The van der Waals surface area contributed by atoms with Crippen molar-refractivity contribution >= 4 is 0 Å². The number of benzene rings is 1. The number of hydrogen-bond donors (Lipinski definition) is 2. The van der Waals surface area contributed by atoms with Crippen molar-refractivity contribution in [3.63, 3.8) is 0 Å². The smallest absolute Gasteiger partial charge is 0.138 e. The quantitative estimate of drug-likeness (QED) is 0.862. The fraction of sp³-hybridized carbons (Fsp3) is 0.333. The lowest BCUT2D eigenvalue weighted by Gasteiger charge is -2.31. The number of aliphatic hydroxyl groups is 2. The molecule has 0 aliphatic carbocycles. The van der Waals surface area contributed by atoms with E-state index in [1.54, 1.807) is 0 Å². The third kappa shape index (κ3) is 2.61. The Morgan fingerprint density at radius 3 is 2.74 bits per heavy atom. The topological polar surface area (TPSA) is 71.2 Å². The summed E-state index contributed by atoms with van der Waals surface area (Å²) in [5, 5.41) is 24.0. The van der Waals surface area contributed by atoms with Crippen molar-refractivity contribution in [3.8, 4) is 0 Å². The molecule has 0 saturated heterocycles. The van der Waals surface area contributed by atoms with Crippen LogP contribution in [-0.4, -0.2) is 31.1 Å². The average Bonchev–Trinajstić information content (AvgIpc) is 2.84. The lowest BCUT2D eigenvalue weighted by atomic mass is 9.88. The molecule has 0 saturated carbocycles. The Bertz CT molecular complexity index is 560. The minimum atomic E-state index is -2.00. The van der Waals surface area contributed by atoms with Gasteiger partial charge in [0.25, 0.3) is 0 Å². The van der Waals surface area contributed by atoms with Crippen LogP contribution < -0.4 is 0 Å². The van der Waals surface area contributed by atoms with Crippen LogP contribution in [0.5, 0.6) is 0 Å². The Kier molecular flexibility index (Phi) is 3.59.